The smallest absolute Gasteiger partial charge is 0.284 e. The largest absolute Gasteiger partial charge is 0.360 e. The minimum atomic E-state index is 0.00519. The van der Waals surface area contributed by atoms with Crippen molar-refractivity contribution < 1.29 is 4.79 Å². The van der Waals surface area contributed by atoms with Crippen LogP contribution in [0.5, 0.6) is 0 Å². The van der Waals surface area contributed by atoms with E-state index in [1.54, 1.807) is 0 Å². The van der Waals surface area contributed by atoms with Gasteiger partial charge in [0.25, 0.3) is 5.91 Å². The van der Waals surface area contributed by atoms with Gasteiger partial charge in [-0.25, -0.2) is 0 Å². The van der Waals surface area contributed by atoms with Gasteiger partial charge in [0.05, 0.1) is 0 Å². The first kappa shape index (κ1) is 16.2. The highest BCUT2D eigenvalue weighted by molar-refractivity contribution is 7.17. The number of piperazine rings is 1. The lowest BCUT2D eigenvalue weighted by Crippen LogP contribution is -2.54. The number of carbonyl (C=O) groups excluding carboxylic acids is 1. The highest BCUT2D eigenvalue weighted by Gasteiger charge is 2.29. The van der Waals surface area contributed by atoms with Crippen LogP contribution in [0.2, 0.25) is 0 Å². The SMILES string of the molecule is CCCNc1nnc(C(=O)N2CCN(C(C)(C)C)CC2)s1. The predicted molar refractivity (Wildman–Crippen MR) is 85.9 cm³/mol. The van der Waals surface area contributed by atoms with Crippen LogP contribution in [0.3, 0.4) is 0 Å². The van der Waals surface area contributed by atoms with Crippen LogP contribution in [0.25, 0.3) is 0 Å². The summed E-state index contributed by atoms with van der Waals surface area (Å²) in [7, 11) is 0. The zero-order valence-electron chi connectivity index (χ0n) is 13.3. The van der Waals surface area contributed by atoms with Crippen molar-refractivity contribution in [1.82, 2.24) is 20.0 Å². The molecule has 0 saturated carbocycles. The molecule has 1 aromatic rings. The Labute approximate surface area is 130 Å². The van der Waals surface area contributed by atoms with E-state index >= 15 is 0 Å². The molecule has 118 valence electrons. The van der Waals surface area contributed by atoms with Gasteiger partial charge in [-0.15, -0.1) is 10.2 Å². The number of hydrogen-bond donors (Lipinski definition) is 1. The highest BCUT2D eigenvalue weighted by Crippen LogP contribution is 2.20. The fourth-order valence-electron chi connectivity index (χ4n) is 2.33. The van der Waals surface area contributed by atoms with Gasteiger partial charge in [-0.3, -0.25) is 9.69 Å². The standard InChI is InChI=1S/C14H25N5OS/c1-5-6-15-13-17-16-11(21-13)12(20)18-7-9-19(10-8-18)14(2,3)4/h5-10H2,1-4H3,(H,15,17). The second kappa shape index (κ2) is 6.70. The van der Waals surface area contributed by atoms with E-state index in [0.29, 0.717) is 5.01 Å². The molecule has 2 heterocycles. The van der Waals surface area contributed by atoms with Crippen molar-refractivity contribution in [2.24, 2.45) is 0 Å². The Morgan fingerprint density at radius 3 is 2.48 bits per heavy atom. The Hall–Kier alpha value is -1.21. The van der Waals surface area contributed by atoms with Gasteiger partial charge in [-0.1, -0.05) is 18.3 Å². The molecule has 0 aromatic carbocycles. The summed E-state index contributed by atoms with van der Waals surface area (Å²) in [6.45, 7) is 12.9. The third-order valence-electron chi connectivity index (χ3n) is 3.65. The van der Waals surface area contributed by atoms with Crippen LogP contribution in [0.15, 0.2) is 0 Å². The molecule has 1 saturated heterocycles. The van der Waals surface area contributed by atoms with Crippen LogP contribution in [0.1, 0.15) is 43.9 Å². The van der Waals surface area contributed by atoms with Gasteiger partial charge in [0.2, 0.25) is 10.1 Å². The normalized spacial score (nSPS) is 17.0. The third kappa shape index (κ3) is 4.14. The number of amides is 1. The Kier molecular flexibility index (Phi) is 5.16. The molecule has 1 aliphatic heterocycles. The molecule has 0 radical (unpaired) electrons. The van der Waals surface area contributed by atoms with E-state index in [1.165, 1.54) is 11.3 Å². The topological polar surface area (TPSA) is 61.4 Å². The lowest BCUT2D eigenvalue weighted by atomic mass is 10.1. The minimum absolute atomic E-state index is 0.00519. The van der Waals surface area contributed by atoms with Gasteiger partial charge in [0.1, 0.15) is 0 Å². The summed E-state index contributed by atoms with van der Waals surface area (Å²) in [6, 6.07) is 0. The maximum Gasteiger partial charge on any atom is 0.284 e. The van der Waals surface area contributed by atoms with Crippen LogP contribution in [-0.2, 0) is 0 Å². The molecule has 0 unspecified atom stereocenters. The van der Waals surface area contributed by atoms with Crippen LogP contribution in [0, 0.1) is 0 Å². The van der Waals surface area contributed by atoms with Gasteiger partial charge in [-0.2, -0.15) is 0 Å². The number of anilines is 1. The number of aromatic nitrogens is 2. The van der Waals surface area contributed by atoms with Crippen LogP contribution >= 0.6 is 11.3 Å². The average Bonchev–Trinajstić information content (AvgIpc) is 2.92. The molecule has 7 heteroatoms. The molecule has 1 N–H and O–H groups in total. The molecule has 21 heavy (non-hydrogen) atoms. The number of hydrogen-bond acceptors (Lipinski definition) is 6. The van der Waals surface area contributed by atoms with Crippen molar-refractivity contribution in [3.63, 3.8) is 0 Å². The van der Waals surface area contributed by atoms with Crippen molar-refractivity contribution >= 4 is 22.4 Å². The van der Waals surface area contributed by atoms with Gasteiger partial charge < -0.3 is 10.2 Å². The van der Waals surface area contributed by atoms with E-state index in [0.717, 1.165) is 44.3 Å². The molecule has 6 nitrogen and oxygen atoms in total. The predicted octanol–water partition coefficient (Wildman–Crippen LogP) is 1.92. The number of rotatable bonds is 4. The van der Waals surface area contributed by atoms with E-state index in [9.17, 15) is 4.79 Å². The van der Waals surface area contributed by atoms with E-state index < -0.39 is 0 Å². The summed E-state index contributed by atoms with van der Waals surface area (Å²) in [4.78, 5) is 16.7. The molecule has 0 aliphatic carbocycles. The van der Waals surface area contributed by atoms with Gasteiger partial charge in [0.15, 0.2) is 0 Å². The van der Waals surface area contributed by atoms with Crippen molar-refractivity contribution in [2.75, 3.05) is 38.0 Å². The Morgan fingerprint density at radius 2 is 1.90 bits per heavy atom. The summed E-state index contributed by atoms with van der Waals surface area (Å²) >= 11 is 1.34. The summed E-state index contributed by atoms with van der Waals surface area (Å²) < 4.78 is 0. The zero-order valence-corrected chi connectivity index (χ0v) is 14.2. The van der Waals surface area contributed by atoms with E-state index in [2.05, 4.69) is 48.1 Å². The average molecular weight is 311 g/mol. The minimum Gasteiger partial charge on any atom is -0.360 e. The molecule has 0 bridgehead atoms. The maximum atomic E-state index is 12.4. The molecule has 1 aliphatic rings. The van der Waals surface area contributed by atoms with E-state index in [1.807, 2.05) is 4.90 Å². The van der Waals surface area contributed by atoms with Gasteiger partial charge in [0, 0.05) is 38.3 Å². The highest BCUT2D eigenvalue weighted by atomic mass is 32.1. The van der Waals surface area contributed by atoms with E-state index in [4.69, 9.17) is 0 Å². The second-order valence-electron chi connectivity index (χ2n) is 6.29. The third-order valence-corrected chi connectivity index (χ3v) is 4.52. The molecule has 2 rings (SSSR count). The van der Waals surface area contributed by atoms with Crippen molar-refractivity contribution in [3.8, 4) is 0 Å². The van der Waals surface area contributed by atoms with Gasteiger partial charge >= 0.3 is 0 Å². The summed E-state index contributed by atoms with van der Waals surface area (Å²) in [5.74, 6) is 0.00519. The first-order valence-corrected chi connectivity index (χ1v) is 8.35. The fraction of sp³-hybridized carbons (Fsp3) is 0.786. The quantitative estimate of drug-likeness (QED) is 0.920. The summed E-state index contributed by atoms with van der Waals surface area (Å²) in [5, 5.41) is 12.4. The molecule has 0 atom stereocenters. The number of nitrogens with zero attached hydrogens (tertiary/aromatic N) is 4. The van der Waals surface area contributed by atoms with Crippen molar-refractivity contribution in [1.29, 1.82) is 0 Å². The first-order chi connectivity index (χ1) is 9.91. The Balaban J connectivity index is 1.91. The molecule has 0 spiro atoms. The number of carbonyl (C=O) groups is 1. The lowest BCUT2D eigenvalue weighted by molar-refractivity contribution is 0.0450. The van der Waals surface area contributed by atoms with Crippen LogP contribution in [0.4, 0.5) is 5.13 Å². The van der Waals surface area contributed by atoms with Crippen molar-refractivity contribution in [3.05, 3.63) is 5.01 Å². The monoisotopic (exact) mass is 311 g/mol. The molecular weight excluding hydrogens is 286 g/mol. The number of nitrogens with one attached hydrogen (secondary N) is 1. The Bertz CT molecular complexity index is 474. The van der Waals surface area contributed by atoms with Gasteiger partial charge in [-0.05, 0) is 27.2 Å². The molecule has 1 aromatic heterocycles. The van der Waals surface area contributed by atoms with E-state index in [-0.39, 0.29) is 11.4 Å². The second-order valence-corrected chi connectivity index (χ2v) is 7.27. The maximum absolute atomic E-state index is 12.4. The first-order valence-electron chi connectivity index (χ1n) is 7.53. The Morgan fingerprint density at radius 1 is 1.24 bits per heavy atom. The molecular formula is C14H25N5OS. The lowest BCUT2D eigenvalue weighted by Gasteiger charge is -2.42. The zero-order chi connectivity index (χ0) is 15.5. The summed E-state index contributed by atoms with van der Waals surface area (Å²) in [6.07, 6.45) is 1.03. The molecule has 1 fully saturated rings. The fourth-order valence-corrected chi connectivity index (χ4v) is 3.07. The van der Waals surface area contributed by atoms with Crippen LogP contribution in [-0.4, -0.2) is 64.2 Å². The molecule has 1 amide bonds. The summed E-state index contributed by atoms with van der Waals surface area (Å²) in [5.41, 5.74) is 0.162. The van der Waals surface area contributed by atoms with Crippen molar-refractivity contribution in [2.45, 2.75) is 39.7 Å². The van der Waals surface area contributed by atoms with Crippen LogP contribution < -0.4 is 5.32 Å².